The van der Waals surface area contributed by atoms with E-state index in [9.17, 15) is 0 Å². The van der Waals surface area contributed by atoms with Gasteiger partial charge in [0.25, 0.3) is 0 Å². The minimum Gasteiger partial charge on any atom is -0.494 e. The largest absolute Gasteiger partial charge is 0.494 e. The van der Waals surface area contributed by atoms with Gasteiger partial charge in [0.1, 0.15) is 18.1 Å². The van der Waals surface area contributed by atoms with Crippen LogP contribution in [-0.2, 0) is 0 Å². The first-order chi connectivity index (χ1) is 10.1. The highest BCUT2D eigenvalue weighted by Crippen LogP contribution is 2.21. The molecule has 0 saturated carbocycles. The molecule has 1 aliphatic heterocycles. The average Bonchev–Trinajstić information content (AvgIpc) is 2.51. The molecule has 1 heterocycles. The Labute approximate surface area is 128 Å². The summed E-state index contributed by atoms with van der Waals surface area (Å²) in [5, 5.41) is 3.43. The summed E-state index contributed by atoms with van der Waals surface area (Å²) in [6, 6.07) is 7.86. The predicted molar refractivity (Wildman–Crippen MR) is 86.2 cm³/mol. The molecular weight excluding hydrogens is 264 g/mol. The van der Waals surface area contributed by atoms with Gasteiger partial charge in [-0.15, -0.1) is 0 Å². The zero-order valence-electron chi connectivity index (χ0n) is 13.5. The fourth-order valence-electron chi connectivity index (χ4n) is 2.61. The summed E-state index contributed by atoms with van der Waals surface area (Å²) in [4.78, 5) is 2.48. The van der Waals surface area contributed by atoms with Gasteiger partial charge in [-0.05, 0) is 58.0 Å². The summed E-state index contributed by atoms with van der Waals surface area (Å²) in [6.45, 7) is 9.01. The van der Waals surface area contributed by atoms with Gasteiger partial charge < -0.3 is 14.8 Å². The van der Waals surface area contributed by atoms with Crippen LogP contribution in [0.5, 0.6) is 11.5 Å². The van der Waals surface area contributed by atoms with E-state index in [4.69, 9.17) is 9.47 Å². The Morgan fingerprint density at radius 2 is 1.67 bits per heavy atom. The van der Waals surface area contributed by atoms with E-state index in [1.165, 1.54) is 12.8 Å². The SMILES string of the molecule is CCOc1ccc(OCCN2CCC(C)(NC)CC2)cc1. The smallest absolute Gasteiger partial charge is 0.119 e. The lowest BCUT2D eigenvalue weighted by atomic mass is 9.90. The van der Waals surface area contributed by atoms with Crippen molar-refractivity contribution >= 4 is 0 Å². The van der Waals surface area contributed by atoms with E-state index in [2.05, 4.69) is 24.2 Å². The normalized spacial score (nSPS) is 18.4. The third-order valence-corrected chi connectivity index (χ3v) is 4.37. The Morgan fingerprint density at radius 3 is 2.19 bits per heavy atom. The molecule has 4 heteroatoms. The molecule has 4 nitrogen and oxygen atoms in total. The first-order valence-electron chi connectivity index (χ1n) is 7.92. The van der Waals surface area contributed by atoms with Gasteiger partial charge in [0.05, 0.1) is 6.61 Å². The van der Waals surface area contributed by atoms with Gasteiger partial charge in [0.15, 0.2) is 0 Å². The first-order valence-corrected chi connectivity index (χ1v) is 7.92. The first kappa shape index (κ1) is 16.1. The van der Waals surface area contributed by atoms with Gasteiger partial charge in [0, 0.05) is 25.2 Å². The van der Waals surface area contributed by atoms with Crippen LogP contribution in [0.1, 0.15) is 26.7 Å². The zero-order valence-corrected chi connectivity index (χ0v) is 13.5. The van der Waals surface area contributed by atoms with Gasteiger partial charge in [-0.2, -0.15) is 0 Å². The lowest BCUT2D eigenvalue weighted by molar-refractivity contribution is 0.132. The number of piperidine rings is 1. The second-order valence-corrected chi connectivity index (χ2v) is 5.91. The molecule has 0 aliphatic carbocycles. The van der Waals surface area contributed by atoms with Crippen molar-refractivity contribution in [2.75, 3.05) is 39.9 Å². The Hall–Kier alpha value is -1.26. The van der Waals surface area contributed by atoms with Crippen molar-refractivity contribution in [1.82, 2.24) is 10.2 Å². The van der Waals surface area contributed by atoms with Crippen molar-refractivity contribution in [2.24, 2.45) is 0 Å². The zero-order chi connectivity index (χ0) is 15.1. The molecule has 2 rings (SSSR count). The molecule has 21 heavy (non-hydrogen) atoms. The van der Waals surface area contributed by atoms with Crippen LogP contribution in [0.15, 0.2) is 24.3 Å². The van der Waals surface area contributed by atoms with Crippen LogP contribution in [0.3, 0.4) is 0 Å². The molecule has 1 aromatic rings. The minimum absolute atomic E-state index is 0.312. The Bertz CT molecular complexity index is 411. The highest BCUT2D eigenvalue weighted by Gasteiger charge is 2.27. The van der Waals surface area contributed by atoms with Crippen molar-refractivity contribution in [1.29, 1.82) is 0 Å². The highest BCUT2D eigenvalue weighted by molar-refractivity contribution is 5.31. The van der Waals surface area contributed by atoms with Crippen LogP contribution in [0.25, 0.3) is 0 Å². The molecule has 0 atom stereocenters. The molecule has 1 aromatic carbocycles. The molecule has 0 spiro atoms. The number of hydrogen-bond donors (Lipinski definition) is 1. The molecule has 0 amide bonds. The van der Waals surface area contributed by atoms with Crippen LogP contribution >= 0.6 is 0 Å². The lowest BCUT2D eigenvalue weighted by Gasteiger charge is -2.39. The number of rotatable bonds is 7. The van der Waals surface area contributed by atoms with Gasteiger partial charge in [0.2, 0.25) is 0 Å². The van der Waals surface area contributed by atoms with Crippen LogP contribution < -0.4 is 14.8 Å². The van der Waals surface area contributed by atoms with E-state index in [-0.39, 0.29) is 0 Å². The van der Waals surface area contributed by atoms with Crippen molar-refractivity contribution < 1.29 is 9.47 Å². The summed E-state index contributed by atoms with van der Waals surface area (Å²) in [7, 11) is 2.06. The predicted octanol–water partition coefficient (Wildman–Crippen LogP) is 2.54. The fraction of sp³-hybridized carbons (Fsp3) is 0.647. The fourth-order valence-corrected chi connectivity index (χ4v) is 2.61. The molecular formula is C17H28N2O2. The molecule has 1 saturated heterocycles. The maximum absolute atomic E-state index is 5.81. The quantitative estimate of drug-likeness (QED) is 0.837. The van der Waals surface area contributed by atoms with E-state index in [0.717, 1.165) is 37.7 Å². The van der Waals surface area contributed by atoms with Crippen molar-refractivity contribution in [3.63, 3.8) is 0 Å². The summed E-state index contributed by atoms with van der Waals surface area (Å²) >= 11 is 0. The molecule has 118 valence electrons. The molecule has 0 radical (unpaired) electrons. The highest BCUT2D eigenvalue weighted by atomic mass is 16.5. The third-order valence-electron chi connectivity index (χ3n) is 4.37. The van der Waals surface area contributed by atoms with Crippen LogP contribution in [0.2, 0.25) is 0 Å². The van der Waals surface area contributed by atoms with Gasteiger partial charge in [-0.3, -0.25) is 4.90 Å². The Balaban J connectivity index is 1.68. The van der Waals surface area contributed by atoms with E-state index in [1.807, 2.05) is 31.2 Å². The maximum atomic E-state index is 5.81. The summed E-state index contributed by atoms with van der Waals surface area (Å²) < 4.78 is 11.2. The number of ether oxygens (including phenoxy) is 2. The Kier molecular flexibility index (Phi) is 5.88. The summed E-state index contributed by atoms with van der Waals surface area (Å²) in [6.07, 6.45) is 2.40. The standard InChI is InChI=1S/C17H28N2O2/c1-4-20-15-5-7-16(8-6-15)21-14-13-19-11-9-17(2,18-3)10-12-19/h5-8,18H,4,9-14H2,1-3H3. The van der Waals surface area contributed by atoms with E-state index >= 15 is 0 Å². The lowest BCUT2D eigenvalue weighted by Crippen LogP contribution is -2.50. The summed E-state index contributed by atoms with van der Waals surface area (Å²) in [5.74, 6) is 1.81. The van der Waals surface area contributed by atoms with Gasteiger partial charge >= 0.3 is 0 Å². The number of hydrogen-bond acceptors (Lipinski definition) is 4. The van der Waals surface area contributed by atoms with Crippen LogP contribution in [0, 0.1) is 0 Å². The molecule has 0 bridgehead atoms. The van der Waals surface area contributed by atoms with E-state index in [0.29, 0.717) is 12.1 Å². The molecule has 1 N–H and O–H groups in total. The molecule has 1 fully saturated rings. The van der Waals surface area contributed by atoms with Crippen molar-refractivity contribution in [3.8, 4) is 11.5 Å². The van der Waals surface area contributed by atoms with E-state index < -0.39 is 0 Å². The van der Waals surface area contributed by atoms with Crippen LogP contribution in [0.4, 0.5) is 0 Å². The second-order valence-electron chi connectivity index (χ2n) is 5.91. The number of nitrogens with one attached hydrogen (secondary N) is 1. The maximum Gasteiger partial charge on any atom is 0.119 e. The number of benzene rings is 1. The second kappa shape index (κ2) is 7.66. The molecule has 0 unspecified atom stereocenters. The minimum atomic E-state index is 0.312. The number of nitrogens with zero attached hydrogens (tertiary/aromatic N) is 1. The van der Waals surface area contributed by atoms with Gasteiger partial charge in [-0.1, -0.05) is 0 Å². The number of likely N-dealkylation sites (tertiary alicyclic amines) is 1. The van der Waals surface area contributed by atoms with Gasteiger partial charge in [-0.25, -0.2) is 0 Å². The van der Waals surface area contributed by atoms with E-state index in [1.54, 1.807) is 0 Å². The third kappa shape index (κ3) is 4.90. The summed E-state index contributed by atoms with van der Waals surface area (Å²) in [5.41, 5.74) is 0.312. The molecule has 1 aliphatic rings. The topological polar surface area (TPSA) is 33.7 Å². The Morgan fingerprint density at radius 1 is 1.10 bits per heavy atom. The van der Waals surface area contributed by atoms with Crippen molar-refractivity contribution in [2.45, 2.75) is 32.2 Å². The average molecular weight is 292 g/mol. The van der Waals surface area contributed by atoms with Crippen molar-refractivity contribution in [3.05, 3.63) is 24.3 Å². The monoisotopic (exact) mass is 292 g/mol. The van der Waals surface area contributed by atoms with Crippen LogP contribution in [-0.4, -0.2) is 50.3 Å². The molecule has 0 aromatic heterocycles.